The van der Waals surface area contributed by atoms with E-state index in [1.165, 1.54) is 23.9 Å². The van der Waals surface area contributed by atoms with Gasteiger partial charge in [-0.3, -0.25) is 4.79 Å². The van der Waals surface area contributed by atoms with Crippen LogP contribution in [0.15, 0.2) is 58.6 Å². The van der Waals surface area contributed by atoms with Crippen LogP contribution < -0.4 is 4.72 Å². The van der Waals surface area contributed by atoms with Crippen LogP contribution in [0, 0.1) is 11.3 Å². The van der Waals surface area contributed by atoms with Crippen molar-refractivity contribution in [3.8, 4) is 6.07 Å². The molecule has 9 heteroatoms. The van der Waals surface area contributed by atoms with Crippen molar-refractivity contribution in [3.63, 3.8) is 0 Å². The van der Waals surface area contributed by atoms with Crippen molar-refractivity contribution in [2.24, 2.45) is 0 Å². The van der Waals surface area contributed by atoms with Crippen LogP contribution in [0.3, 0.4) is 0 Å². The normalized spacial score (nSPS) is 12.5. The molecule has 0 spiro atoms. The number of benzene rings is 2. The monoisotopic (exact) mass is 442 g/mol. The first kappa shape index (κ1) is 22.0. The average molecular weight is 443 g/mol. The summed E-state index contributed by atoms with van der Waals surface area (Å²) in [4.78, 5) is 20.1. The summed E-state index contributed by atoms with van der Waals surface area (Å²) >= 11 is 1.19. The number of thioether (sulfide) groups is 1. The number of carbonyl (C=O) groups is 1. The number of rotatable bonds is 10. The molecule has 0 saturated carbocycles. The van der Waals surface area contributed by atoms with Crippen LogP contribution in [0.1, 0.15) is 31.2 Å². The molecule has 0 amide bonds. The summed E-state index contributed by atoms with van der Waals surface area (Å²) < 4.78 is 27.4. The fraction of sp³-hybridized carbons (Fsp3) is 0.286. The number of unbranched alkanes of at least 4 members (excludes halogenated alkanes) is 1. The molecular formula is C21H22N4O3S2. The number of fused-ring (bicyclic) bond motifs is 1. The van der Waals surface area contributed by atoms with E-state index in [0.29, 0.717) is 28.3 Å². The third-order valence-corrected chi connectivity index (χ3v) is 6.85. The smallest absolute Gasteiger partial charge is 0.240 e. The topological polar surface area (TPSA) is 116 Å². The highest BCUT2D eigenvalue weighted by Crippen LogP contribution is 2.24. The van der Waals surface area contributed by atoms with Crippen LogP contribution in [0.4, 0.5) is 0 Å². The minimum Gasteiger partial charge on any atom is -0.333 e. The van der Waals surface area contributed by atoms with E-state index in [2.05, 4.69) is 20.8 Å². The molecule has 0 radical (unpaired) electrons. The fourth-order valence-corrected chi connectivity index (χ4v) is 4.76. The minimum absolute atomic E-state index is 0.0800. The van der Waals surface area contributed by atoms with Gasteiger partial charge in [0.2, 0.25) is 10.0 Å². The van der Waals surface area contributed by atoms with E-state index in [-0.39, 0.29) is 16.4 Å². The molecule has 2 aromatic carbocycles. The van der Waals surface area contributed by atoms with Gasteiger partial charge < -0.3 is 4.98 Å². The molecule has 1 heterocycles. The number of nitrogens with zero attached hydrogens (tertiary/aromatic N) is 2. The highest BCUT2D eigenvalue weighted by atomic mass is 32.2. The number of ketones is 1. The molecule has 0 aliphatic carbocycles. The zero-order valence-electron chi connectivity index (χ0n) is 16.5. The lowest BCUT2D eigenvalue weighted by molar-refractivity contribution is -0.116. The van der Waals surface area contributed by atoms with Crippen molar-refractivity contribution < 1.29 is 13.2 Å². The maximum absolute atomic E-state index is 12.5. The van der Waals surface area contributed by atoms with Crippen LogP contribution in [0.2, 0.25) is 0 Å². The van der Waals surface area contributed by atoms with Crippen molar-refractivity contribution in [1.82, 2.24) is 14.7 Å². The molecule has 3 aromatic rings. The van der Waals surface area contributed by atoms with Crippen molar-refractivity contribution >= 4 is 38.6 Å². The molecular weight excluding hydrogens is 420 g/mol. The Bertz CT molecular complexity index is 1170. The predicted molar refractivity (Wildman–Crippen MR) is 117 cm³/mol. The van der Waals surface area contributed by atoms with Gasteiger partial charge in [0.15, 0.2) is 10.9 Å². The first-order valence-corrected chi connectivity index (χ1v) is 12.0. The maximum Gasteiger partial charge on any atom is 0.240 e. The van der Waals surface area contributed by atoms with Gasteiger partial charge in [-0.1, -0.05) is 55.4 Å². The number of Topliss-reactive ketones (excluding diaryl/α,β-unsaturated/α-hetero) is 1. The number of aromatic nitrogens is 2. The van der Waals surface area contributed by atoms with Crippen molar-refractivity contribution in [2.45, 2.75) is 35.7 Å². The Morgan fingerprint density at radius 2 is 2.03 bits per heavy atom. The highest BCUT2D eigenvalue weighted by Gasteiger charge is 2.21. The summed E-state index contributed by atoms with van der Waals surface area (Å²) in [5.41, 5.74) is 1.85. The van der Waals surface area contributed by atoms with Crippen LogP contribution in [0.5, 0.6) is 0 Å². The van der Waals surface area contributed by atoms with Crippen molar-refractivity contribution in [3.05, 3.63) is 54.1 Å². The zero-order chi connectivity index (χ0) is 21.6. The van der Waals surface area contributed by atoms with Gasteiger partial charge in [0, 0.05) is 6.54 Å². The van der Waals surface area contributed by atoms with Gasteiger partial charge in [0.25, 0.3) is 0 Å². The average Bonchev–Trinajstić information content (AvgIpc) is 3.16. The Labute approximate surface area is 180 Å². The molecule has 0 bridgehead atoms. The number of H-pyrrole nitrogens is 1. The van der Waals surface area contributed by atoms with Crippen LogP contribution in [0.25, 0.3) is 11.0 Å². The van der Waals surface area contributed by atoms with Gasteiger partial charge in [-0.25, -0.2) is 18.1 Å². The summed E-state index contributed by atoms with van der Waals surface area (Å²) in [6.07, 6.45) is 1.67. The van der Waals surface area contributed by atoms with Crippen LogP contribution in [-0.4, -0.2) is 36.5 Å². The second-order valence-corrected chi connectivity index (χ2v) is 9.43. The Kier molecular flexibility index (Phi) is 7.26. The summed E-state index contributed by atoms with van der Waals surface area (Å²) in [7, 11) is -3.58. The highest BCUT2D eigenvalue weighted by molar-refractivity contribution is 7.99. The Morgan fingerprint density at radius 1 is 1.27 bits per heavy atom. The molecule has 2 N–H and O–H groups in total. The van der Waals surface area contributed by atoms with E-state index in [9.17, 15) is 18.5 Å². The quantitative estimate of drug-likeness (QED) is 0.366. The summed E-state index contributed by atoms with van der Waals surface area (Å²) in [5.74, 6) is -0.956. The van der Waals surface area contributed by atoms with Gasteiger partial charge in [-0.2, -0.15) is 5.26 Å². The fourth-order valence-electron chi connectivity index (χ4n) is 2.87. The van der Waals surface area contributed by atoms with Gasteiger partial charge in [-0.05, 0) is 30.2 Å². The molecule has 7 nitrogen and oxygen atoms in total. The van der Waals surface area contributed by atoms with Gasteiger partial charge in [0.05, 0.1) is 27.8 Å². The van der Waals surface area contributed by atoms with Crippen LogP contribution in [-0.2, 0) is 14.8 Å². The first-order chi connectivity index (χ1) is 14.4. The molecule has 1 aromatic heterocycles. The third kappa shape index (κ3) is 5.27. The van der Waals surface area contributed by atoms with Gasteiger partial charge >= 0.3 is 0 Å². The number of nitrogens with one attached hydrogen (secondary N) is 2. The first-order valence-electron chi connectivity index (χ1n) is 9.54. The lowest BCUT2D eigenvalue weighted by Gasteiger charge is -2.07. The Balaban J connectivity index is 1.70. The lowest BCUT2D eigenvalue weighted by atomic mass is 9.97. The lowest BCUT2D eigenvalue weighted by Crippen LogP contribution is -2.24. The van der Waals surface area contributed by atoms with E-state index < -0.39 is 15.9 Å². The Morgan fingerprint density at radius 3 is 2.73 bits per heavy atom. The van der Waals surface area contributed by atoms with E-state index >= 15 is 0 Å². The number of nitriles is 1. The molecule has 3 rings (SSSR count). The molecule has 0 saturated heterocycles. The van der Waals surface area contributed by atoms with E-state index in [4.69, 9.17) is 0 Å². The number of aromatic amines is 1. The minimum atomic E-state index is -3.58. The summed E-state index contributed by atoms with van der Waals surface area (Å²) in [6, 6.07) is 15.7. The molecule has 0 fully saturated rings. The van der Waals surface area contributed by atoms with Gasteiger partial charge in [0.1, 0.15) is 5.92 Å². The second-order valence-electron chi connectivity index (χ2n) is 6.70. The van der Waals surface area contributed by atoms with Crippen molar-refractivity contribution in [2.75, 3.05) is 12.3 Å². The summed E-state index contributed by atoms with van der Waals surface area (Å²) in [5, 5.41) is 9.88. The Hall–Kier alpha value is -2.67. The standard InChI is InChI=1S/C21H22N4O3S2/c1-2-3-11-23-30(27,28)16-9-10-18-19(12-16)25-21(24-18)29-14-20(26)17(13-22)15-7-5-4-6-8-15/h4-10,12,17,23H,2-3,11,14H2,1H3,(H,24,25)/t17-/m0/s1. The largest absolute Gasteiger partial charge is 0.333 e. The third-order valence-electron chi connectivity index (χ3n) is 4.50. The number of hydrogen-bond acceptors (Lipinski definition) is 6. The molecule has 30 heavy (non-hydrogen) atoms. The SMILES string of the molecule is CCCCNS(=O)(=O)c1ccc2nc(SCC(=O)[C@@H](C#N)c3ccccc3)[nH]c2c1. The van der Waals surface area contributed by atoms with Gasteiger partial charge in [-0.15, -0.1) is 0 Å². The maximum atomic E-state index is 12.5. The number of sulfonamides is 1. The van der Waals surface area contributed by atoms with Crippen molar-refractivity contribution in [1.29, 1.82) is 5.26 Å². The zero-order valence-corrected chi connectivity index (χ0v) is 18.1. The van der Waals surface area contributed by atoms with Crippen LogP contribution >= 0.6 is 11.8 Å². The number of hydrogen-bond donors (Lipinski definition) is 2. The number of carbonyl (C=O) groups excluding carboxylic acids is 1. The van der Waals surface area contributed by atoms with E-state index in [1.54, 1.807) is 30.3 Å². The molecule has 0 aliphatic rings. The molecule has 1 atom stereocenters. The number of imidazole rings is 1. The second kappa shape index (κ2) is 9.89. The molecule has 156 valence electrons. The predicted octanol–water partition coefficient (Wildman–Crippen LogP) is 3.61. The van der Waals surface area contributed by atoms with E-state index in [1.807, 2.05) is 13.0 Å². The molecule has 0 unspecified atom stereocenters. The van der Waals surface area contributed by atoms with E-state index in [0.717, 1.165) is 12.8 Å². The molecule has 0 aliphatic heterocycles. The summed E-state index contributed by atoms with van der Waals surface area (Å²) in [6.45, 7) is 2.39.